The zero-order chi connectivity index (χ0) is 15.8. The van der Waals surface area contributed by atoms with Crippen molar-refractivity contribution in [2.75, 3.05) is 14.1 Å². The Hall–Kier alpha value is -1.83. The number of aliphatic hydroxyl groups is 2. The van der Waals surface area contributed by atoms with Gasteiger partial charge in [-0.25, -0.2) is 0 Å². The second-order valence-corrected chi connectivity index (χ2v) is 5.10. The summed E-state index contributed by atoms with van der Waals surface area (Å²) in [5.74, 6) is -0.176. The molecule has 1 heterocycles. The molecule has 2 unspecified atom stereocenters. The Bertz CT molecular complexity index is 666. The summed E-state index contributed by atoms with van der Waals surface area (Å²) in [6.07, 6.45) is 0.141. The van der Waals surface area contributed by atoms with Gasteiger partial charge in [-0.3, -0.25) is 9.69 Å². The van der Waals surface area contributed by atoms with E-state index >= 15 is 0 Å². The number of aliphatic hydroxyl groups excluding tert-OH is 1. The second-order valence-electron chi connectivity index (χ2n) is 5.10. The Labute approximate surface area is 123 Å². The van der Waals surface area contributed by atoms with Crippen molar-refractivity contribution < 1.29 is 19.7 Å². The number of rotatable bonds is 4. The third-order valence-corrected chi connectivity index (χ3v) is 3.37. The lowest BCUT2D eigenvalue weighted by Crippen LogP contribution is -2.49. The summed E-state index contributed by atoms with van der Waals surface area (Å²) < 4.78 is 5.14. The lowest BCUT2D eigenvalue weighted by Gasteiger charge is -2.36. The summed E-state index contributed by atoms with van der Waals surface area (Å²) in [6.45, 7) is 1.29. The van der Waals surface area contributed by atoms with Gasteiger partial charge in [0.1, 0.15) is 25.3 Å². The summed E-state index contributed by atoms with van der Waals surface area (Å²) in [5.41, 5.74) is -0.948. The van der Waals surface area contributed by atoms with Crippen molar-refractivity contribution >= 4 is 24.7 Å². The molecule has 2 rings (SSSR count). The normalized spacial score (nSPS) is 15.9. The van der Waals surface area contributed by atoms with Crippen LogP contribution in [0.5, 0.6) is 5.75 Å². The Kier molecular flexibility index (Phi) is 4.09. The number of carbonyl (C=O) groups is 1. The van der Waals surface area contributed by atoms with E-state index < -0.39 is 17.7 Å². The molecule has 0 aliphatic carbocycles. The highest BCUT2D eigenvalue weighted by Crippen LogP contribution is 2.36. The van der Waals surface area contributed by atoms with Crippen molar-refractivity contribution in [3.05, 3.63) is 30.0 Å². The number of nitrogens with one attached hydrogen (secondary N) is 1. The van der Waals surface area contributed by atoms with E-state index in [2.05, 4.69) is 4.98 Å². The van der Waals surface area contributed by atoms with Crippen molar-refractivity contribution in [1.82, 2.24) is 9.88 Å². The van der Waals surface area contributed by atoms with Gasteiger partial charge in [-0.1, -0.05) is 6.07 Å². The van der Waals surface area contributed by atoms with Gasteiger partial charge in [0.05, 0.1) is 0 Å². The largest absolute Gasteiger partial charge is 0.426 e. The molecule has 2 aromatic rings. The van der Waals surface area contributed by atoms with Crippen LogP contribution in [0.25, 0.3) is 10.9 Å². The predicted octanol–water partition coefficient (Wildman–Crippen LogP) is 0.503. The molecule has 7 heteroatoms. The number of fused-ring (bicyclic) bond motifs is 1. The average Bonchev–Trinajstić information content (AvgIpc) is 2.81. The molecule has 21 heavy (non-hydrogen) atoms. The fourth-order valence-electron chi connectivity index (χ4n) is 2.11. The van der Waals surface area contributed by atoms with E-state index in [9.17, 15) is 15.0 Å². The summed E-state index contributed by atoms with van der Waals surface area (Å²) >= 11 is 0. The van der Waals surface area contributed by atoms with Crippen molar-refractivity contribution in [2.45, 2.75) is 18.7 Å². The summed E-state index contributed by atoms with van der Waals surface area (Å²) in [5, 5.41) is 21.1. The van der Waals surface area contributed by atoms with E-state index in [1.54, 1.807) is 32.3 Å². The van der Waals surface area contributed by atoms with E-state index in [0.717, 1.165) is 0 Å². The smallest absolute Gasteiger partial charge is 0.308 e. The van der Waals surface area contributed by atoms with E-state index in [0.29, 0.717) is 22.2 Å². The third-order valence-electron chi connectivity index (χ3n) is 3.37. The number of H-pyrrole nitrogens is 1. The molecule has 1 aromatic heterocycles. The van der Waals surface area contributed by atoms with Gasteiger partial charge in [-0.2, -0.15) is 0 Å². The molecule has 2 radical (unpaired) electrons. The first-order chi connectivity index (χ1) is 9.75. The van der Waals surface area contributed by atoms with Crippen molar-refractivity contribution in [3.8, 4) is 5.75 Å². The molecule has 2 atom stereocenters. The molecule has 0 amide bonds. The number of hydrogen-bond donors (Lipinski definition) is 3. The minimum absolute atomic E-state index is 0.296. The maximum absolute atomic E-state index is 11.2. The Morgan fingerprint density at radius 2 is 2.14 bits per heavy atom. The topological polar surface area (TPSA) is 85.8 Å². The first-order valence-electron chi connectivity index (χ1n) is 6.40. The number of benzene rings is 1. The summed E-state index contributed by atoms with van der Waals surface area (Å²) in [4.78, 5) is 15.4. The highest BCUT2D eigenvalue weighted by molar-refractivity contribution is 6.14. The second kappa shape index (κ2) is 5.52. The van der Waals surface area contributed by atoms with Crippen molar-refractivity contribution in [2.24, 2.45) is 0 Å². The van der Waals surface area contributed by atoms with Crippen LogP contribution in [-0.4, -0.2) is 53.6 Å². The van der Waals surface area contributed by atoms with Crippen LogP contribution in [0.15, 0.2) is 24.4 Å². The Balaban J connectivity index is 2.57. The standard InChI is InChI=1S/C14H17BN2O4/c1-8(18)21-11-6-4-5-10-12(11)9(7-16-10)13(19)14(15,20)17(2)3/h4-7,13,16,19-20H,1-3H3. The molecule has 0 saturated carbocycles. The molecule has 110 valence electrons. The Morgan fingerprint density at radius 3 is 2.71 bits per heavy atom. The number of likely N-dealkylation sites (N-methyl/N-ethyl adjacent to an activating group) is 1. The molecule has 0 saturated heterocycles. The van der Waals surface area contributed by atoms with E-state index in [-0.39, 0.29) is 0 Å². The van der Waals surface area contributed by atoms with Gasteiger partial charge >= 0.3 is 5.97 Å². The molecule has 0 fully saturated rings. The fraction of sp³-hybridized carbons (Fsp3) is 0.357. The van der Waals surface area contributed by atoms with Gasteiger partial charge in [0.15, 0.2) is 0 Å². The van der Waals surface area contributed by atoms with Gasteiger partial charge in [0.25, 0.3) is 0 Å². The molecular formula is C14H17BN2O4. The van der Waals surface area contributed by atoms with E-state index in [1.165, 1.54) is 18.0 Å². The molecular weight excluding hydrogens is 271 g/mol. The SMILES string of the molecule is [B]C(O)(C(O)c1c[nH]c2cccc(OC(C)=O)c12)N(C)C. The molecule has 1 aromatic carbocycles. The third kappa shape index (κ3) is 2.80. The number of esters is 1. The van der Waals surface area contributed by atoms with Crippen LogP contribution in [0.3, 0.4) is 0 Å². The molecule has 0 bridgehead atoms. The average molecular weight is 288 g/mol. The predicted molar refractivity (Wildman–Crippen MR) is 79.0 cm³/mol. The number of nitrogens with zero attached hydrogens (tertiary/aromatic N) is 1. The van der Waals surface area contributed by atoms with Gasteiger partial charge < -0.3 is 19.9 Å². The number of aromatic amines is 1. The quantitative estimate of drug-likeness (QED) is 0.330. The minimum atomic E-state index is -1.96. The van der Waals surface area contributed by atoms with Crippen LogP contribution >= 0.6 is 0 Å². The van der Waals surface area contributed by atoms with Gasteiger partial charge in [-0.15, -0.1) is 0 Å². The number of aromatic nitrogens is 1. The monoisotopic (exact) mass is 288 g/mol. The zero-order valence-electron chi connectivity index (χ0n) is 12.1. The number of hydrogen-bond acceptors (Lipinski definition) is 5. The molecule has 0 aliphatic rings. The molecule has 6 nitrogen and oxygen atoms in total. The minimum Gasteiger partial charge on any atom is -0.426 e. The van der Waals surface area contributed by atoms with Gasteiger partial charge in [0, 0.05) is 29.6 Å². The van der Waals surface area contributed by atoms with Gasteiger partial charge in [-0.05, 0) is 26.2 Å². The van der Waals surface area contributed by atoms with Crippen LogP contribution in [0.4, 0.5) is 0 Å². The van der Waals surface area contributed by atoms with Crippen LogP contribution in [0.2, 0.25) is 0 Å². The first-order valence-corrected chi connectivity index (χ1v) is 6.40. The van der Waals surface area contributed by atoms with Crippen LogP contribution in [-0.2, 0) is 4.79 Å². The van der Waals surface area contributed by atoms with Crippen LogP contribution in [0.1, 0.15) is 18.6 Å². The van der Waals surface area contributed by atoms with Gasteiger partial charge in [0.2, 0.25) is 0 Å². The first kappa shape index (κ1) is 15.6. The van der Waals surface area contributed by atoms with E-state index in [1.807, 2.05) is 0 Å². The molecule has 3 N–H and O–H groups in total. The number of carbonyl (C=O) groups excluding carboxylic acids is 1. The highest BCUT2D eigenvalue weighted by atomic mass is 16.5. The highest BCUT2D eigenvalue weighted by Gasteiger charge is 2.35. The fourth-order valence-corrected chi connectivity index (χ4v) is 2.11. The molecule has 0 spiro atoms. The van der Waals surface area contributed by atoms with Crippen molar-refractivity contribution in [3.63, 3.8) is 0 Å². The molecule has 0 aliphatic heterocycles. The number of ether oxygens (including phenoxy) is 1. The van der Waals surface area contributed by atoms with Crippen LogP contribution < -0.4 is 4.74 Å². The van der Waals surface area contributed by atoms with E-state index in [4.69, 9.17) is 12.6 Å². The maximum Gasteiger partial charge on any atom is 0.308 e. The lowest BCUT2D eigenvalue weighted by molar-refractivity contribution is -0.131. The Morgan fingerprint density at radius 1 is 1.48 bits per heavy atom. The summed E-state index contributed by atoms with van der Waals surface area (Å²) in [6, 6.07) is 5.09. The summed E-state index contributed by atoms with van der Waals surface area (Å²) in [7, 11) is 8.84. The zero-order valence-corrected chi connectivity index (χ0v) is 12.1. The van der Waals surface area contributed by atoms with Crippen LogP contribution in [0, 0.1) is 0 Å². The van der Waals surface area contributed by atoms with Crippen molar-refractivity contribution in [1.29, 1.82) is 0 Å². The lowest BCUT2D eigenvalue weighted by atomic mass is 9.81. The maximum atomic E-state index is 11.2.